The summed E-state index contributed by atoms with van der Waals surface area (Å²) in [6.07, 6.45) is 1.42. The highest BCUT2D eigenvalue weighted by atomic mass is 16.5. The van der Waals surface area contributed by atoms with Crippen molar-refractivity contribution in [3.63, 3.8) is 0 Å². The average molecular weight is 329 g/mol. The molecule has 6 nitrogen and oxygen atoms in total. The molecule has 0 radical (unpaired) electrons. The van der Waals surface area contributed by atoms with Crippen molar-refractivity contribution in [1.29, 1.82) is 5.26 Å². The number of benzene rings is 1. The molecule has 0 spiro atoms. The zero-order valence-electron chi connectivity index (χ0n) is 14.3. The summed E-state index contributed by atoms with van der Waals surface area (Å²) in [7, 11) is 0. The third-order valence-corrected chi connectivity index (χ3v) is 4.20. The van der Waals surface area contributed by atoms with Gasteiger partial charge in [-0.1, -0.05) is 12.1 Å². The van der Waals surface area contributed by atoms with Crippen molar-refractivity contribution in [3.05, 3.63) is 36.0 Å². The first-order chi connectivity index (χ1) is 11.7. The lowest BCUT2D eigenvalue weighted by molar-refractivity contribution is -0.898. The van der Waals surface area contributed by atoms with Gasteiger partial charge in [0.05, 0.1) is 50.7 Å². The molecule has 0 aromatic heterocycles. The van der Waals surface area contributed by atoms with E-state index in [-0.39, 0.29) is 12.2 Å². The van der Waals surface area contributed by atoms with E-state index in [0.29, 0.717) is 0 Å². The molecular weight excluding hydrogens is 304 g/mol. The minimum absolute atomic E-state index is 0.0353. The van der Waals surface area contributed by atoms with Crippen molar-refractivity contribution in [1.82, 2.24) is 0 Å². The molecule has 0 amide bonds. The largest absolute Gasteiger partial charge is 0.462 e. The Balaban J connectivity index is 2.12. The van der Waals surface area contributed by atoms with Gasteiger partial charge >= 0.3 is 5.97 Å². The number of nitrogens with zero attached hydrogens (tertiary/aromatic N) is 2. The molecule has 0 unspecified atom stereocenters. The van der Waals surface area contributed by atoms with Gasteiger partial charge in [0.1, 0.15) is 6.07 Å². The summed E-state index contributed by atoms with van der Waals surface area (Å²) < 4.78 is 4.87. The standard InChI is InChI=1S/C18H24N4O2/c1-3-21-9-11-22(12-10-21)17-8-6-5-7-16(17)20-14-15(13-19)18(23)24-4-2/h5-8,14,20H,3-4,9-12H2,1-2H3/p+1/b15-14+. The summed E-state index contributed by atoms with van der Waals surface area (Å²) in [4.78, 5) is 15.6. The number of piperazine rings is 1. The zero-order valence-corrected chi connectivity index (χ0v) is 14.3. The fourth-order valence-electron chi connectivity index (χ4n) is 2.78. The molecule has 1 heterocycles. The van der Waals surface area contributed by atoms with Gasteiger partial charge in [-0.15, -0.1) is 0 Å². The topological polar surface area (TPSA) is 69.8 Å². The predicted octanol–water partition coefficient (Wildman–Crippen LogP) is 0.794. The van der Waals surface area contributed by atoms with Crippen LogP contribution in [0.4, 0.5) is 11.4 Å². The van der Waals surface area contributed by atoms with Crippen LogP contribution in [0, 0.1) is 11.3 Å². The number of anilines is 2. The van der Waals surface area contributed by atoms with Gasteiger partial charge in [-0.2, -0.15) is 5.26 Å². The van der Waals surface area contributed by atoms with Crippen molar-refractivity contribution >= 4 is 17.3 Å². The number of nitrogens with one attached hydrogen (secondary N) is 2. The summed E-state index contributed by atoms with van der Waals surface area (Å²) >= 11 is 0. The van der Waals surface area contributed by atoms with E-state index in [1.807, 2.05) is 24.3 Å². The van der Waals surface area contributed by atoms with Crippen LogP contribution in [0.2, 0.25) is 0 Å². The molecule has 1 aromatic rings. The lowest BCUT2D eigenvalue weighted by atomic mass is 10.2. The molecule has 2 rings (SSSR count). The number of nitriles is 1. The number of carbonyl (C=O) groups excluding carboxylic acids is 1. The summed E-state index contributed by atoms with van der Waals surface area (Å²) in [5, 5.41) is 12.2. The summed E-state index contributed by atoms with van der Waals surface area (Å²) in [5.41, 5.74) is 1.94. The number of esters is 1. The van der Waals surface area contributed by atoms with Crippen LogP contribution in [0.1, 0.15) is 13.8 Å². The summed E-state index contributed by atoms with van der Waals surface area (Å²) in [6, 6.07) is 9.82. The third kappa shape index (κ3) is 4.49. The van der Waals surface area contributed by atoms with Crippen LogP contribution in [0.15, 0.2) is 36.0 Å². The monoisotopic (exact) mass is 329 g/mol. The molecule has 0 aliphatic carbocycles. The van der Waals surface area contributed by atoms with Crippen molar-refractivity contribution in [2.45, 2.75) is 13.8 Å². The number of rotatable bonds is 6. The lowest BCUT2D eigenvalue weighted by Crippen LogP contribution is -3.14. The molecule has 1 fully saturated rings. The highest BCUT2D eigenvalue weighted by molar-refractivity contribution is 5.93. The molecule has 1 saturated heterocycles. The Bertz CT molecular complexity index is 628. The van der Waals surface area contributed by atoms with Crippen LogP contribution in [0.25, 0.3) is 0 Å². The van der Waals surface area contributed by atoms with Crippen LogP contribution >= 0.6 is 0 Å². The first-order valence-corrected chi connectivity index (χ1v) is 8.41. The summed E-state index contributed by atoms with van der Waals surface area (Å²) in [5.74, 6) is -0.606. The van der Waals surface area contributed by atoms with E-state index in [9.17, 15) is 4.79 Å². The van der Waals surface area contributed by atoms with E-state index in [0.717, 1.165) is 44.1 Å². The predicted molar refractivity (Wildman–Crippen MR) is 93.8 cm³/mol. The van der Waals surface area contributed by atoms with Gasteiger partial charge in [-0.05, 0) is 26.0 Å². The Morgan fingerprint density at radius 1 is 1.38 bits per heavy atom. The zero-order chi connectivity index (χ0) is 17.4. The Hall–Kier alpha value is -2.52. The van der Waals surface area contributed by atoms with Crippen molar-refractivity contribution in [3.8, 4) is 6.07 Å². The molecule has 2 N–H and O–H groups in total. The van der Waals surface area contributed by atoms with E-state index < -0.39 is 5.97 Å². The van der Waals surface area contributed by atoms with Crippen LogP contribution in [-0.2, 0) is 9.53 Å². The highest BCUT2D eigenvalue weighted by Crippen LogP contribution is 2.25. The Labute approximate surface area is 143 Å². The Kier molecular flexibility index (Phi) is 6.64. The molecule has 0 atom stereocenters. The van der Waals surface area contributed by atoms with Crippen LogP contribution < -0.4 is 15.1 Å². The normalized spacial score (nSPS) is 15.7. The average Bonchev–Trinajstić information content (AvgIpc) is 2.63. The number of carbonyl (C=O) groups is 1. The van der Waals surface area contributed by atoms with E-state index in [4.69, 9.17) is 10.00 Å². The van der Waals surface area contributed by atoms with Gasteiger partial charge in [0.15, 0.2) is 5.57 Å². The molecular formula is C18H25N4O2+. The first-order valence-electron chi connectivity index (χ1n) is 8.41. The molecule has 1 aromatic carbocycles. The maximum Gasteiger partial charge on any atom is 0.350 e. The molecule has 0 saturated carbocycles. The van der Waals surface area contributed by atoms with Gasteiger partial charge in [0.2, 0.25) is 0 Å². The van der Waals surface area contributed by atoms with Crippen molar-refractivity contribution in [2.24, 2.45) is 0 Å². The Morgan fingerprint density at radius 2 is 2.08 bits per heavy atom. The number of para-hydroxylation sites is 2. The SMILES string of the molecule is CCOC(=O)/C(C#N)=C/Nc1ccccc1N1CC[NH+](CC)CC1. The van der Waals surface area contributed by atoms with Gasteiger partial charge in [0.25, 0.3) is 0 Å². The van der Waals surface area contributed by atoms with Crippen LogP contribution in [-0.4, -0.2) is 45.3 Å². The number of hydrogen-bond acceptors (Lipinski definition) is 5. The smallest absolute Gasteiger partial charge is 0.350 e. The molecule has 24 heavy (non-hydrogen) atoms. The van der Waals surface area contributed by atoms with Gasteiger partial charge in [0, 0.05) is 6.20 Å². The maximum atomic E-state index is 11.7. The Morgan fingerprint density at radius 3 is 2.71 bits per heavy atom. The summed E-state index contributed by atoms with van der Waals surface area (Å²) in [6.45, 7) is 9.56. The van der Waals surface area contributed by atoms with Crippen LogP contribution in [0.3, 0.4) is 0 Å². The quantitative estimate of drug-likeness (QED) is 0.459. The molecule has 0 bridgehead atoms. The van der Waals surface area contributed by atoms with E-state index in [1.165, 1.54) is 6.20 Å². The van der Waals surface area contributed by atoms with Crippen molar-refractivity contribution in [2.75, 3.05) is 49.5 Å². The second-order valence-corrected chi connectivity index (χ2v) is 5.64. The molecule has 6 heteroatoms. The molecule has 1 aliphatic rings. The second-order valence-electron chi connectivity index (χ2n) is 5.64. The highest BCUT2D eigenvalue weighted by Gasteiger charge is 2.20. The van der Waals surface area contributed by atoms with E-state index in [2.05, 4.69) is 23.2 Å². The number of likely N-dealkylation sites (N-methyl/N-ethyl adjacent to an activating group) is 1. The minimum Gasteiger partial charge on any atom is -0.462 e. The van der Waals surface area contributed by atoms with Crippen LogP contribution in [0.5, 0.6) is 0 Å². The van der Waals surface area contributed by atoms with E-state index >= 15 is 0 Å². The van der Waals surface area contributed by atoms with E-state index in [1.54, 1.807) is 11.8 Å². The fraction of sp³-hybridized carbons (Fsp3) is 0.444. The van der Waals surface area contributed by atoms with Gasteiger partial charge in [-0.25, -0.2) is 4.79 Å². The lowest BCUT2D eigenvalue weighted by Gasteiger charge is -2.34. The van der Waals surface area contributed by atoms with Crippen molar-refractivity contribution < 1.29 is 14.4 Å². The van der Waals surface area contributed by atoms with Gasteiger partial charge in [-0.3, -0.25) is 0 Å². The second kappa shape index (κ2) is 8.94. The fourth-order valence-corrected chi connectivity index (χ4v) is 2.78. The molecule has 128 valence electrons. The maximum absolute atomic E-state index is 11.7. The number of quaternary nitrogens is 1. The van der Waals surface area contributed by atoms with Gasteiger partial charge < -0.3 is 19.9 Å². The minimum atomic E-state index is -0.606. The third-order valence-electron chi connectivity index (χ3n) is 4.20. The molecule has 1 aliphatic heterocycles. The number of hydrogen-bond donors (Lipinski definition) is 2. The number of ether oxygens (including phenoxy) is 1. The first kappa shape index (κ1) is 17.8.